The Kier molecular flexibility index (Phi) is 14.1. The maximum absolute atomic E-state index is 13.2. The molecule has 4 aromatic carbocycles. The third-order valence-electron chi connectivity index (χ3n) is 15.4. The molecule has 2 aliphatic heterocycles. The van der Waals surface area contributed by atoms with E-state index in [9.17, 15) is 8.42 Å². The van der Waals surface area contributed by atoms with Crippen LogP contribution in [0.2, 0.25) is 0 Å². The van der Waals surface area contributed by atoms with E-state index >= 15 is 0 Å². The minimum absolute atomic E-state index is 0.144. The van der Waals surface area contributed by atoms with E-state index in [0.29, 0.717) is 28.3 Å². The monoisotopic (exact) mass is 879 g/mol. The number of pyridine rings is 2. The van der Waals surface area contributed by atoms with Crippen molar-refractivity contribution in [2.75, 3.05) is 49.7 Å². The van der Waals surface area contributed by atoms with Gasteiger partial charge in [-0.3, -0.25) is 14.7 Å². The van der Waals surface area contributed by atoms with Crippen LogP contribution in [-0.2, 0) is 20.9 Å². The number of hydrogen-bond acceptors (Lipinski definition) is 7. The Bertz CT molecular complexity index is 2600. The number of unbranched alkanes of at least 4 members (excludes halogenated alkanes) is 6. The molecule has 2 saturated heterocycles. The van der Waals surface area contributed by atoms with E-state index in [-0.39, 0.29) is 10.3 Å². The molecule has 4 atom stereocenters. The molecule has 338 valence electrons. The first-order valence-electron chi connectivity index (χ1n) is 24.0. The number of aromatic nitrogens is 2. The lowest BCUT2D eigenvalue weighted by atomic mass is 9.92. The van der Waals surface area contributed by atoms with E-state index in [0.717, 1.165) is 36.0 Å². The van der Waals surface area contributed by atoms with Gasteiger partial charge in [0.25, 0.3) is 10.0 Å². The Morgan fingerprint density at radius 3 is 1.78 bits per heavy atom. The van der Waals surface area contributed by atoms with Crippen LogP contribution in [0.25, 0.3) is 21.5 Å². The summed E-state index contributed by atoms with van der Waals surface area (Å²) in [5, 5.41) is 4.00. The smallest absolute Gasteiger partial charge is 0.262 e. The standard InChI is InChI=1S/C27H33N3O2S.C18H28N2.C10H9N/c1-3-4-5-6-15-30-18-24-25(19-30)27(24,2)21-10-8-11-22(16-21)29-33(31,32)26-12-7-9-20-13-14-28-17-23(20)26;1-3-4-5-6-10-20-12-16-17(13-20)18(16,2)14-8-7-9-15(19)11-14;1-8-3-2-4-9-7-11-6-5-10(8)9/h7-14,16-17,24-25,29H,3-6,15,18-19H2,1-2H3;7-9,11,16-17H,3-6,10,12-13,19H2,1-2H3;2-7H,1H3. The number of benzene rings is 4. The van der Waals surface area contributed by atoms with Crippen LogP contribution in [0.3, 0.4) is 0 Å². The number of nitrogens with two attached hydrogens (primary N) is 1. The summed E-state index contributed by atoms with van der Waals surface area (Å²) < 4.78 is 29.3. The van der Waals surface area contributed by atoms with Gasteiger partial charge in [-0.25, -0.2) is 8.42 Å². The Labute approximate surface area is 383 Å². The molecule has 9 heteroatoms. The Hall–Kier alpha value is -4.83. The maximum atomic E-state index is 13.2. The Morgan fingerprint density at radius 2 is 1.17 bits per heavy atom. The van der Waals surface area contributed by atoms with E-state index in [4.69, 9.17) is 5.73 Å². The molecule has 4 fully saturated rings. The van der Waals surface area contributed by atoms with Gasteiger partial charge in [-0.1, -0.05) is 121 Å². The molecule has 4 heterocycles. The molecule has 4 aliphatic rings. The van der Waals surface area contributed by atoms with Crippen LogP contribution in [0, 0.1) is 30.6 Å². The number of likely N-dealkylation sites (tertiary alicyclic amines) is 2. The molecule has 4 unspecified atom stereocenters. The van der Waals surface area contributed by atoms with Gasteiger partial charge in [0, 0.05) is 83.9 Å². The van der Waals surface area contributed by atoms with E-state index < -0.39 is 10.0 Å². The quantitative estimate of drug-likeness (QED) is 0.0782. The second-order valence-corrected chi connectivity index (χ2v) is 21.1. The van der Waals surface area contributed by atoms with Crippen LogP contribution in [0.15, 0.2) is 127 Å². The number of aryl methyl sites for hydroxylation is 1. The number of piperidine rings is 2. The van der Waals surface area contributed by atoms with Crippen molar-refractivity contribution in [2.45, 2.75) is 102 Å². The Balaban J connectivity index is 0.000000151. The van der Waals surface area contributed by atoms with E-state index in [1.165, 1.54) is 105 Å². The summed E-state index contributed by atoms with van der Waals surface area (Å²) in [5.74, 6) is 3.05. The van der Waals surface area contributed by atoms with Gasteiger partial charge < -0.3 is 15.5 Å². The molecule has 8 nitrogen and oxygen atoms in total. The summed E-state index contributed by atoms with van der Waals surface area (Å²) in [7, 11) is -3.72. The molecule has 6 aromatic rings. The lowest BCUT2D eigenvalue weighted by molar-refractivity contribution is 0.271. The van der Waals surface area contributed by atoms with Crippen LogP contribution in [0.1, 0.15) is 95.8 Å². The average molecular weight is 879 g/mol. The van der Waals surface area contributed by atoms with Gasteiger partial charge in [-0.05, 0) is 126 Å². The SMILES string of the molecule is CCCCCCN1CC2C(C1)C2(C)c1cccc(N)c1.CCCCCCN1CC2C(C1)C2(C)c1cccc(NS(=O)(=O)c2cccc3ccncc23)c1.Cc1cccc2cnccc12. The third-order valence-corrected chi connectivity index (χ3v) is 16.8. The summed E-state index contributed by atoms with van der Waals surface area (Å²) in [5.41, 5.74) is 12.0. The fourth-order valence-electron chi connectivity index (χ4n) is 11.3. The van der Waals surface area contributed by atoms with Gasteiger partial charge in [-0.15, -0.1) is 0 Å². The summed E-state index contributed by atoms with van der Waals surface area (Å²) in [6, 6.07) is 32.0. The molecule has 0 spiro atoms. The average Bonchev–Trinajstić information content (AvgIpc) is 3.77. The van der Waals surface area contributed by atoms with Crippen molar-refractivity contribution >= 4 is 42.9 Å². The van der Waals surface area contributed by atoms with E-state index in [2.05, 4.69) is 102 Å². The van der Waals surface area contributed by atoms with Gasteiger partial charge in [-0.2, -0.15) is 0 Å². The first kappa shape index (κ1) is 45.7. The van der Waals surface area contributed by atoms with Gasteiger partial charge in [0.2, 0.25) is 0 Å². The highest BCUT2D eigenvalue weighted by Gasteiger charge is 2.66. The summed E-state index contributed by atoms with van der Waals surface area (Å²) in [6.07, 6.45) is 17.7. The third kappa shape index (κ3) is 9.73. The topological polar surface area (TPSA) is 104 Å². The Morgan fingerprint density at radius 1 is 0.625 bits per heavy atom. The lowest BCUT2D eigenvalue weighted by Gasteiger charge is -2.24. The van der Waals surface area contributed by atoms with Crippen molar-refractivity contribution in [1.82, 2.24) is 19.8 Å². The van der Waals surface area contributed by atoms with E-state index in [1.54, 1.807) is 24.5 Å². The molecule has 2 saturated carbocycles. The van der Waals surface area contributed by atoms with Gasteiger partial charge in [0.1, 0.15) is 0 Å². The zero-order valence-electron chi connectivity index (χ0n) is 38.8. The molecule has 10 rings (SSSR count). The summed E-state index contributed by atoms with van der Waals surface area (Å²) in [4.78, 5) is 13.7. The van der Waals surface area contributed by atoms with Crippen molar-refractivity contribution in [3.63, 3.8) is 0 Å². The van der Waals surface area contributed by atoms with Crippen molar-refractivity contribution in [2.24, 2.45) is 23.7 Å². The number of rotatable bonds is 15. The van der Waals surface area contributed by atoms with Crippen LogP contribution in [-0.4, -0.2) is 67.5 Å². The van der Waals surface area contributed by atoms with Crippen molar-refractivity contribution in [1.29, 1.82) is 0 Å². The predicted molar refractivity (Wildman–Crippen MR) is 266 cm³/mol. The minimum atomic E-state index is -3.72. The molecule has 0 bridgehead atoms. The summed E-state index contributed by atoms with van der Waals surface area (Å²) in [6.45, 7) is 18.9. The minimum Gasteiger partial charge on any atom is -0.399 e. The van der Waals surface area contributed by atoms with Gasteiger partial charge in [0.05, 0.1) is 4.90 Å². The second-order valence-electron chi connectivity index (χ2n) is 19.5. The number of hydrogen-bond donors (Lipinski definition) is 2. The number of nitrogens with one attached hydrogen (secondary N) is 1. The van der Waals surface area contributed by atoms with Crippen LogP contribution >= 0.6 is 0 Å². The molecule has 0 amide bonds. The largest absolute Gasteiger partial charge is 0.399 e. The molecule has 0 radical (unpaired) electrons. The van der Waals surface area contributed by atoms with Crippen molar-refractivity contribution in [3.05, 3.63) is 139 Å². The first-order chi connectivity index (χ1) is 31.0. The number of sulfonamides is 1. The second kappa shape index (κ2) is 19.7. The molecule has 64 heavy (non-hydrogen) atoms. The highest BCUT2D eigenvalue weighted by atomic mass is 32.2. The van der Waals surface area contributed by atoms with Crippen LogP contribution in [0.5, 0.6) is 0 Å². The van der Waals surface area contributed by atoms with Crippen LogP contribution in [0.4, 0.5) is 11.4 Å². The highest BCUT2D eigenvalue weighted by Crippen LogP contribution is 2.64. The number of fused-ring (bicyclic) bond motifs is 4. The normalized spacial score (nSPS) is 24.6. The fourth-order valence-corrected chi connectivity index (χ4v) is 12.5. The molecule has 2 aromatic heterocycles. The molecule has 2 aliphatic carbocycles. The summed E-state index contributed by atoms with van der Waals surface area (Å²) >= 11 is 0. The lowest BCUT2D eigenvalue weighted by Crippen LogP contribution is -2.30. The van der Waals surface area contributed by atoms with Crippen molar-refractivity contribution < 1.29 is 8.42 Å². The molecule has 3 N–H and O–H groups in total. The number of nitrogen functional groups attached to an aromatic ring is 1. The first-order valence-corrected chi connectivity index (χ1v) is 25.5. The zero-order valence-corrected chi connectivity index (χ0v) is 39.7. The van der Waals surface area contributed by atoms with Crippen LogP contribution < -0.4 is 10.5 Å². The van der Waals surface area contributed by atoms with Gasteiger partial charge in [0.15, 0.2) is 0 Å². The number of anilines is 2. The predicted octanol–water partition coefficient (Wildman–Crippen LogP) is 11.6. The van der Waals surface area contributed by atoms with Gasteiger partial charge >= 0.3 is 0 Å². The molecular weight excluding hydrogens is 809 g/mol. The van der Waals surface area contributed by atoms with E-state index in [1.807, 2.05) is 54.9 Å². The van der Waals surface area contributed by atoms with Crippen molar-refractivity contribution in [3.8, 4) is 0 Å². The fraction of sp³-hybridized carbons (Fsp3) is 0.455. The maximum Gasteiger partial charge on any atom is 0.262 e. The molecular formula is C55H70N6O2S. The highest BCUT2D eigenvalue weighted by molar-refractivity contribution is 7.93. The zero-order chi connectivity index (χ0) is 44.9. The number of nitrogens with zero attached hydrogens (tertiary/aromatic N) is 4.